The maximum absolute atomic E-state index is 12.6. The molecule has 1 heterocycles. The lowest BCUT2D eigenvalue weighted by Crippen LogP contribution is -2.44. The molecule has 1 fully saturated rings. The van der Waals surface area contributed by atoms with Crippen molar-refractivity contribution in [1.29, 1.82) is 0 Å². The van der Waals surface area contributed by atoms with Gasteiger partial charge in [0.15, 0.2) is 0 Å². The zero-order chi connectivity index (χ0) is 14.9. The second-order valence-electron chi connectivity index (χ2n) is 5.10. The molecule has 0 saturated carbocycles. The number of piperidine rings is 1. The van der Waals surface area contributed by atoms with Gasteiger partial charge in [-0.2, -0.15) is 4.31 Å². The van der Waals surface area contributed by atoms with Gasteiger partial charge in [0.25, 0.3) is 0 Å². The van der Waals surface area contributed by atoms with E-state index in [1.54, 1.807) is 6.07 Å². The molecule has 0 radical (unpaired) electrons. The van der Waals surface area contributed by atoms with Crippen LogP contribution in [0.5, 0.6) is 5.75 Å². The summed E-state index contributed by atoms with van der Waals surface area (Å²) in [5.74, 6) is 0.432. The number of ether oxygens (including phenoxy) is 1. The summed E-state index contributed by atoms with van der Waals surface area (Å²) in [7, 11) is -2.14. The standard InChI is InChI=1S/C13H20N2O4S/c1-9-8-15(6-5-12(9)16)20(17,18)13-4-3-10(19-2)7-11(13)14/h3-4,7,9,12,16H,5-6,8,14H2,1-2H3. The van der Waals surface area contributed by atoms with Gasteiger partial charge in [-0.25, -0.2) is 8.42 Å². The molecule has 6 nitrogen and oxygen atoms in total. The molecule has 112 valence electrons. The van der Waals surface area contributed by atoms with E-state index in [2.05, 4.69) is 0 Å². The highest BCUT2D eigenvalue weighted by Gasteiger charge is 2.33. The van der Waals surface area contributed by atoms with Crippen molar-refractivity contribution in [2.45, 2.75) is 24.3 Å². The van der Waals surface area contributed by atoms with Crippen molar-refractivity contribution in [3.8, 4) is 5.75 Å². The van der Waals surface area contributed by atoms with Gasteiger partial charge in [-0.3, -0.25) is 0 Å². The van der Waals surface area contributed by atoms with E-state index in [1.807, 2.05) is 6.92 Å². The number of anilines is 1. The molecule has 1 aromatic rings. The number of methoxy groups -OCH3 is 1. The Hall–Kier alpha value is -1.31. The van der Waals surface area contributed by atoms with E-state index in [0.29, 0.717) is 25.3 Å². The van der Waals surface area contributed by atoms with Gasteiger partial charge in [0, 0.05) is 19.2 Å². The number of nitrogens with zero attached hydrogens (tertiary/aromatic N) is 1. The Balaban J connectivity index is 2.31. The van der Waals surface area contributed by atoms with Crippen molar-refractivity contribution in [2.75, 3.05) is 25.9 Å². The number of hydrogen-bond acceptors (Lipinski definition) is 5. The highest BCUT2D eigenvalue weighted by molar-refractivity contribution is 7.89. The number of rotatable bonds is 3. The summed E-state index contributed by atoms with van der Waals surface area (Å²) in [4.78, 5) is 0.0851. The van der Waals surface area contributed by atoms with Gasteiger partial charge in [-0.05, 0) is 24.5 Å². The molecule has 0 spiro atoms. The summed E-state index contributed by atoms with van der Waals surface area (Å²) in [6, 6.07) is 4.53. The van der Waals surface area contributed by atoms with Crippen LogP contribution in [-0.2, 0) is 10.0 Å². The summed E-state index contributed by atoms with van der Waals surface area (Å²) < 4.78 is 31.6. The first-order valence-corrected chi connectivity index (χ1v) is 7.92. The summed E-state index contributed by atoms with van der Waals surface area (Å²) in [6.45, 7) is 2.44. The molecule has 0 aliphatic carbocycles. The topological polar surface area (TPSA) is 92.9 Å². The molecule has 7 heteroatoms. The van der Waals surface area contributed by atoms with Crippen LogP contribution in [0.15, 0.2) is 23.1 Å². The van der Waals surface area contributed by atoms with Crippen LogP contribution < -0.4 is 10.5 Å². The van der Waals surface area contributed by atoms with E-state index in [1.165, 1.54) is 23.5 Å². The van der Waals surface area contributed by atoms with Crippen molar-refractivity contribution in [3.63, 3.8) is 0 Å². The number of aliphatic hydroxyl groups excluding tert-OH is 1. The third kappa shape index (κ3) is 2.74. The van der Waals surface area contributed by atoms with Gasteiger partial charge in [0.05, 0.1) is 18.9 Å². The fourth-order valence-electron chi connectivity index (χ4n) is 2.34. The molecule has 0 amide bonds. The maximum Gasteiger partial charge on any atom is 0.245 e. The Morgan fingerprint density at radius 3 is 2.70 bits per heavy atom. The van der Waals surface area contributed by atoms with E-state index >= 15 is 0 Å². The lowest BCUT2D eigenvalue weighted by Gasteiger charge is -2.33. The third-order valence-electron chi connectivity index (χ3n) is 3.66. The van der Waals surface area contributed by atoms with Crippen LogP contribution in [0, 0.1) is 5.92 Å². The summed E-state index contributed by atoms with van der Waals surface area (Å²) in [6.07, 6.45) is -0.00846. The van der Waals surface area contributed by atoms with Crippen molar-refractivity contribution < 1.29 is 18.3 Å². The number of aliphatic hydroxyl groups is 1. The zero-order valence-electron chi connectivity index (χ0n) is 11.6. The highest BCUT2D eigenvalue weighted by Crippen LogP contribution is 2.29. The number of sulfonamides is 1. The summed E-state index contributed by atoms with van der Waals surface area (Å²) in [5, 5.41) is 9.69. The van der Waals surface area contributed by atoms with Gasteiger partial charge >= 0.3 is 0 Å². The van der Waals surface area contributed by atoms with Gasteiger partial charge in [0.2, 0.25) is 10.0 Å². The van der Waals surface area contributed by atoms with Crippen LogP contribution in [0.1, 0.15) is 13.3 Å². The molecular formula is C13H20N2O4S. The number of hydrogen-bond donors (Lipinski definition) is 2. The first-order valence-electron chi connectivity index (χ1n) is 6.48. The van der Waals surface area contributed by atoms with Crippen LogP contribution in [0.25, 0.3) is 0 Å². The Labute approximate surface area is 119 Å². The fourth-order valence-corrected chi connectivity index (χ4v) is 3.99. The molecule has 3 N–H and O–H groups in total. The van der Waals surface area contributed by atoms with Gasteiger partial charge in [-0.15, -0.1) is 0 Å². The Kier molecular flexibility index (Phi) is 4.22. The third-order valence-corrected chi connectivity index (χ3v) is 5.60. The fraction of sp³-hybridized carbons (Fsp3) is 0.538. The van der Waals surface area contributed by atoms with Crippen molar-refractivity contribution in [3.05, 3.63) is 18.2 Å². The molecule has 1 aromatic carbocycles. The molecule has 1 aliphatic rings. The van der Waals surface area contributed by atoms with Crippen LogP contribution in [0.4, 0.5) is 5.69 Å². The van der Waals surface area contributed by atoms with E-state index < -0.39 is 16.1 Å². The molecule has 0 aromatic heterocycles. The zero-order valence-corrected chi connectivity index (χ0v) is 12.4. The molecule has 1 aliphatic heterocycles. The molecule has 0 bridgehead atoms. The van der Waals surface area contributed by atoms with Crippen LogP contribution in [-0.4, -0.2) is 44.1 Å². The Morgan fingerprint density at radius 1 is 1.45 bits per heavy atom. The Morgan fingerprint density at radius 2 is 2.15 bits per heavy atom. The van der Waals surface area contributed by atoms with Gasteiger partial charge < -0.3 is 15.6 Å². The average molecular weight is 300 g/mol. The minimum atomic E-state index is -3.63. The minimum Gasteiger partial charge on any atom is -0.497 e. The second kappa shape index (κ2) is 5.59. The molecule has 20 heavy (non-hydrogen) atoms. The number of nitrogens with two attached hydrogens (primary N) is 1. The number of nitrogen functional groups attached to an aromatic ring is 1. The smallest absolute Gasteiger partial charge is 0.245 e. The van der Waals surface area contributed by atoms with Crippen LogP contribution >= 0.6 is 0 Å². The molecular weight excluding hydrogens is 280 g/mol. The van der Waals surface area contributed by atoms with Crippen LogP contribution in [0.2, 0.25) is 0 Å². The normalized spacial score (nSPS) is 24.6. The lowest BCUT2D eigenvalue weighted by atomic mass is 9.99. The quantitative estimate of drug-likeness (QED) is 0.800. The van der Waals surface area contributed by atoms with Gasteiger partial charge in [-0.1, -0.05) is 6.92 Å². The lowest BCUT2D eigenvalue weighted by molar-refractivity contribution is 0.0629. The van der Waals surface area contributed by atoms with Crippen LogP contribution in [0.3, 0.4) is 0 Å². The minimum absolute atomic E-state index is 0.0851. The predicted octanol–water partition coefficient (Wildman–Crippen LogP) is 0.669. The second-order valence-corrected chi connectivity index (χ2v) is 7.01. The Bertz CT molecular complexity index is 588. The average Bonchev–Trinajstić information content (AvgIpc) is 2.41. The largest absolute Gasteiger partial charge is 0.497 e. The molecule has 2 atom stereocenters. The van der Waals surface area contributed by atoms with E-state index in [-0.39, 0.29) is 16.5 Å². The van der Waals surface area contributed by atoms with Gasteiger partial charge in [0.1, 0.15) is 10.6 Å². The first-order chi connectivity index (χ1) is 9.36. The van der Waals surface area contributed by atoms with E-state index in [4.69, 9.17) is 10.5 Å². The monoisotopic (exact) mass is 300 g/mol. The first kappa shape index (κ1) is 15.1. The summed E-state index contributed by atoms with van der Waals surface area (Å²) in [5.41, 5.74) is 5.99. The highest BCUT2D eigenvalue weighted by atomic mass is 32.2. The van der Waals surface area contributed by atoms with E-state index in [0.717, 1.165) is 0 Å². The number of benzene rings is 1. The van der Waals surface area contributed by atoms with Crippen molar-refractivity contribution in [1.82, 2.24) is 4.31 Å². The molecule has 1 saturated heterocycles. The van der Waals surface area contributed by atoms with Crippen molar-refractivity contribution >= 4 is 15.7 Å². The maximum atomic E-state index is 12.6. The van der Waals surface area contributed by atoms with Crippen molar-refractivity contribution in [2.24, 2.45) is 5.92 Å². The predicted molar refractivity (Wildman–Crippen MR) is 76.0 cm³/mol. The SMILES string of the molecule is COc1ccc(S(=O)(=O)N2CCC(O)C(C)C2)c(N)c1. The molecule has 2 rings (SSSR count). The summed E-state index contributed by atoms with van der Waals surface area (Å²) >= 11 is 0. The molecule has 2 unspecified atom stereocenters. The van der Waals surface area contributed by atoms with E-state index in [9.17, 15) is 13.5 Å².